The summed E-state index contributed by atoms with van der Waals surface area (Å²) in [6.07, 6.45) is 10.1. The zero-order valence-corrected chi connectivity index (χ0v) is 47.5. The number of rotatable bonds is 31. The van der Waals surface area contributed by atoms with E-state index in [1.54, 1.807) is 72.8 Å². The summed E-state index contributed by atoms with van der Waals surface area (Å²) >= 11 is 0. The standard InChI is InChI=1S/C62H78N4O12S2/c67-59(17-11-36-73-40-43-76-39-31-64-80(71,72)54-28-24-52(25-29-54)78-61-56-16-6-4-14-50(56)46-58(61)66-34-9-2-10-35-66)47-18-20-48(21-19-47)62(68)63-30-38-75-42-41-74-37-12-44-79(69,70)53-26-22-51(23-27-53)77-60-55-15-5-3-13-49(55)45-57(60)65-32-7-1-8-33-65/h3-6,13-16,18-29,57-58,60-61,64H,1-2,7-12,17,30-46H2,(H,63,68)/t57-,58-,60-,61-/m0/s1. The summed E-state index contributed by atoms with van der Waals surface area (Å²) < 4.78 is 90.4. The number of sulfonamides is 1. The fourth-order valence-electron chi connectivity index (χ4n) is 11.3. The smallest absolute Gasteiger partial charge is 0.251 e. The molecule has 0 saturated carbocycles. The first kappa shape index (κ1) is 59.1. The van der Waals surface area contributed by atoms with Gasteiger partial charge >= 0.3 is 0 Å². The Morgan fingerprint density at radius 1 is 0.487 bits per heavy atom. The van der Waals surface area contributed by atoms with Gasteiger partial charge in [-0.05, 0) is 160 Å². The van der Waals surface area contributed by atoms with Crippen molar-refractivity contribution in [2.75, 3.05) is 97.9 Å². The number of nitrogens with one attached hydrogen (secondary N) is 2. The van der Waals surface area contributed by atoms with Crippen LogP contribution in [0.1, 0.15) is 113 Å². The summed E-state index contributed by atoms with van der Waals surface area (Å²) in [6, 6.07) is 37.3. The largest absolute Gasteiger partial charge is 0.484 e. The fourth-order valence-corrected chi connectivity index (χ4v) is 13.6. The number of hydrogen-bond donors (Lipinski definition) is 2. The lowest BCUT2D eigenvalue weighted by atomic mass is 10.0. The summed E-state index contributed by atoms with van der Waals surface area (Å²) in [6.45, 7) is 6.89. The second-order valence-corrected chi connectivity index (χ2v) is 24.9. The number of nitrogens with zero attached hydrogens (tertiary/aromatic N) is 2. The quantitative estimate of drug-likeness (QED) is 0.0318. The molecule has 0 spiro atoms. The van der Waals surface area contributed by atoms with Crippen molar-refractivity contribution in [2.24, 2.45) is 0 Å². The zero-order chi connectivity index (χ0) is 55.6. The van der Waals surface area contributed by atoms with Gasteiger partial charge in [0.1, 0.15) is 23.7 Å². The highest BCUT2D eigenvalue weighted by Gasteiger charge is 2.40. The summed E-state index contributed by atoms with van der Waals surface area (Å²) in [4.78, 5) is 31.0. The summed E-state index contributed by atoms with van der Waals surface area (Å²) in [7, 11) is -7.25. The van der Waals surface area contributed by atoms with E-state index in [4.69, 9.17) is 28.4 Å². The van der Waals surface area contributed by atoms with Crippen LogP contribution in [0.3, 0.4) is 0 Å². The molecule has 0 bridgehead atoms. The first-order valence-corrected chi connectivity index (χ1v) is 31.8. The Morgan fingerprint density at radius 2 is 0.950 bits per heavy atom. The van der Waals surface area contributed by atoms with Crippen molar-refractivity contribution in [3.63, 3.8) is 0 Å². The number of hydrogen-bond acceptors (Lipinski definition) is 14. The molecule has 16 nitrogen and oxygen atoms in total. The van der Waals surface area contributed by atoms with Gasteiger partial charge in [0.2, 0.25) is 10.0 Å². The molecule has 2 saturated heterocycles. The SMILES string of the molecule is O=C(CCCOCCOCCNS(=O)(=O)c1ccc(O[C@H]2c3ccccc3C[C@@H]2N2CCCCC2)cc1)c1ccc(C(=O)NCCOCCOCCCS(=O)(=O)c2ccc(O[C@H]3c4ccccc4C[C@@H]3N3CCCCC3)cc2)cc1. The maximum Gasteiger partial charge on any atom is 0.251 e. The predicted molar refractivity (Wildman–Crippen MR) is 306 cm³/mol. The lowest BCUT2D eigenvalue weighted by Crippen LogP contribution is -2.43. The van der Waals surface area contributed by atoms with Gasteiger partial charge in [0.25, 0.3) is 5.91 Å². The van der Waals surface area contributed by atoms with Gasteiger partial charge in [0, 0.05) is 43.9 Å². The number of ketones is 1. The number of carbonyl (C=O) groups is 2. The Bertz CT molecular complexity index is 2780. The van der Waals surface area contributed by atoms with Crippen LogP contribution in [0.15, 0.2) is 131 Å². The Labute approximate surface area is 472 Å². The van der Waals surface area contributed by atoms with E-state index in [0.29, 0.717) is 55.3 Å². The van der Waals surface area contributed by atoms with Crippen LogP contribution >= 0.6 is 0 Å². The minimum atomic E-state index is -3.75. The second kappa shape index (κ2) is 29.4. The van der Waals surface area contributed by atoms with Gasteiger partial charge in [0.15, 0.2) is 15.6 Å². The minimum Gasteiger partial charge on any atom is -0.484 e. The Hall–Kier alpha value is -5.54. The molecule has 0 radical (unpaired) electrons. The van der Waals surface area contributed by atoms with Crippen LogP contribution < -0.4 is 19.5 Å². The predicted octanol–water partition coefficient (Wildman–Crippen LogP) is 8.35. The maximum atomic E-state index is 13.1. The van der Waals surface area contributed by atoms with E-state index in [9.17, 15) is 26.4 Å². The van der Waals surface area contributed by atoms with Crippen molar-refractivity contribution in [1.29, 1.82) is 0 Å². The topological polar surface area (TPSA) is 188 Å². The van der Waals surface area contributed by atoms with Gasteiger partial charge in [-0.3, -0.25) is 19.4 Å². The van der Waals surface area contributed by atoms with Crippen molar-refractivity contribution in [1.82, 2.24) is 19.8 Å². The van der Waals surface area contributed by atoms with E-state index in [2.05, 4.69) is 62.3 Å². The first-order chi connectivity index (χ1) is 39.0. The molecule has 4 atom stereocenters. The van der Waals surface area contributed by atoms with Crippen molar-refractivity contribution >= 4 is 31.6 Å². The highest BCUT2D eigenvalue weighted by atomic mass is 32.2. The number of amides is 1. The van der Waals surface area contributed by atoms with Crippen LogP contribution in [-0.4, -0.2) is 148 Å². The van der Waals surface area contributed by atoms with Crippen LogP contribution in [-0.2, 0) is 51.6 Å². The molecule has 430 valence electrons. The number of carbonyl (C=O) groups excluding carboxylic acids is 2. The Balaban J connectivity index is 0.569. The van der Waals surface area contributed by atoms with E-state index >= 15 is 0 Å². The monoisotopic (exact) mass is 1130 g/mol. The van der Waals surface area contributed by atoms with Crippen molar-refractivity contribution in [3.05, 3.63) is 155 Å². The average molecular weight is 1140 g/mol. The molecule has 9 rings (SSSR count). The molecule has 0 unspecified atom stereocenters. The van der Waals surface area contributed by atoms with E-state index in [-0.39, 0.29) is 104 Å². The van der Waals surface area contributed by atoms with Crippen molar-refractivity contribution < 1.29 is 54.8 Å². The van der Waals surface area contributed by atoms with Gasteiger partial charge < -0.3 is 33.7 Å². The molecule has 5 aromatic rings. The molecule has 2 fully saturated rings. The van der Waals surface area contributed by atoms with Crippen LogP contribution in [0.4, 0.5) is 0 Å². The van der Waals surface area contributed by atoms with Crippen LogP contribution in [0.2, 0.25) is 0 Å². The summed E-state index contributed by atoms with van der Waals surface area (Å²) in [5.41, 5.74) is 5.96. The van der Waals surface area contributed by atoms with E-state index < -0.39 is 19.9 Å². The normalized spacial score (nSPS) is 19.6. The number of ether oxygens (including phenoxy) is 6. The Morgan fingerprint density at radius 3 is 1.49 bits per heavy atom. The molecule has 2 heterocycles. The molecular formula is C62H78N4O12S2. The summed E-state index contributed by atoms with van der Waals surface area (Å²) in [5, 5.41) is 2.81. The summed E-state index contributed by atoms with van der Waals surface area (Å²) in [5.74, 6) is 0.903. The van der Waals surface area contributed by atoms with Crippen molar-refractivity contribution in [2.45, 2.75) is 105 Å². The van der Waals surface area contributed by atoms with Crippen molar-refractivity contribution in [3.8, 4) is 11.5 Å². The number of benzene rings is 5. The van der Waals surface area contributed by atoms with Gasteiger partial charge in [0.05, 0.1) is 67.3 Å². The first-order valence-electron chi connectivity index (χ1n) is 28.6. The van der Waals surface area contributed by atoms with Gasteiger partial charge in [-0.1, -0.05) is 73.5 Å². The zero-order valence-electron chi connectivity index (χ0n) is 45.9. The van der Waals surface area contributed by atoms with Crippen LogP contribution in [0.25, 0.3) is 0 Å². The number of sulfone groups is 1. The van der Waals surface area contributed by atoms with E-state index in [1.165, 1.54) is 60.8 Å². The third-order valence-corrected chi connectivity index (χ3v) is 18.8. The minimum absolute atomic E-state index is 0.0417. The van der Waals surface area contributed by atoms with E-state index in [0.717, 1.165) is 39.0 Å². The molecule has 2 N–H and O–H groups in total. The Kier molecular flexibility index (Phi) is 21.7. The third-order valence-electron chi connectivity index (χ3n) is 15.5. The molecule has 18 heteroatoms. The highest BCUT2D eigenvalue weighted by Crippen LogP contribution is 2.41. The number of piperidine rings is 2. The number of likely N-dealkylation sites (tertiary alicyclic amines) is 2. The number of fused-ring (bicyclic) bond motifs is 2. The maximum absolute atomic E-state index is 13.1. The molecule has 2 aliphatic heterocycles. The van der Waals surface area contributed by atoms with E-state index in [1.807, 2.05) is 6.07 Å². The molecule has 5 aromatic carbocycles. The van der Waals surface area contributed by atoms with Crippen LogP contribution in [0.5, 0.6) is 11.5 Å². The lowest BCUT2D eigenvalue weighted by Gasteiger charge is -2.35. The molecule has 1 amide bonds. The second-order valence-electron chi connectivity index (χ2n) is 21.0. The van der Waals surface area contributed by atoms with Crippen LogP contribution in [0, 0.1) is 0 Å². The molecular weight excluding hydrogens is 1060 g/mol. The number of Topliss-reactive ketones (excluding diaryl/α,β-unsaturated/α-hetero) is 1. The molecule has 0 aromatic heterocycles. The van der Waals surface area contributed by atoms with Gasteiger partial charge in [-0.15, -0.1) is 0 Å². The third kappa shape index (κ3) is 16.3. The molecule has 4 aliphatic rings. The molecule has 80 heavy (non-hydrogen) atoms. The van der Waals surface area contributed by atoms with Gasteiger partial charge in [-0.2, -0.15) is 0 Å². The fraction of sp³-hybridized carbons (Fsp3) is 0.484. The molecule has 2 aliphatic carbocycles. The average Bonchev–Trinajstić information content (AvgIpc) is 4.07. The lowest BCUT2D eigenvalue weighted by molar-refractivity contribution is 0.0481. The van der Waals surface area contributed by atoms with Gasteiger partial charge in [-0.25, -0.2) is 21.6 Å². The highest BCUT2D eigenvalue weighted by molar-refractivity contribution is 7.91.